The number of aliphatic carboxylic acids is 2. The van der Waals surface area contributed by atoms with Gasteiger partial charge >= 0.3 is 24.3 Å². The molecule has 1 saturated heterocycles. The fourth-order valence-electron chi connectivity index (χ4n) is 3.85. The Labute approximate surface area is 181 Å². The molecule has 12 heteroatoms. The molecule has 32 heavy (non-hydrogen) atoms. The van der Waals surface area contributed by atoms with Crippen LogP contribution in [0.4, 0.5) is 26.3 Å². The lowest BCUT2D eigenvalue weighted by Crippen LogP contribution is -2.39. The lowest BCUT2D eigenvalue weighted by atomic mass is 9.74. The topological polar surface area (TPSA) is 89.9 Å². The van der Waals surface area contributed by atoms with E-state index in [0.717, 1.165) is 0 Å². The molecule has 6 nitrogen and oxygen atoms in total. The van der Waals surface area contributed by atoms with Crippen molar-refractivity contribution in [3.8, 4) is 0 Å². The molecule has 1 aromatic rings. The second-order valence-corrected chi connectivity index (χ2v) is 7.91. The predicted molar refractivity (Wildman–Crippen MR) is 103 cm³/mol. The van der Waals surface area contributed by atoms with E-state index in [1.807, 2.05) is 0 Å². The fourth-order valence-corrected chi connectivity index (χ4v) is 3.85. The van der Waals surface area contributed by atoms with Gasteiger partial charge < -0.3 is 20.4 Å². The number of aryl methyl sites for hydroxylation is 1. The van der Waals surface area contributed by atoms with Crippen molar-refractivity contribution in [2.45, 2.75) is 50.0 Å². The van der Waals surface area contributed by atoms with Gasteiger partial charge in [-0.3, -0.25) is 0 Å². The molecule has 3 N–H and O–H groups in total. The van der Waals surface area contributed by atoms with Gasteiger partial charge in [-0.1, -0.05) is 23.8 Å². The van der Waals surface area contributed by atoms with Crippen molar-refractivity contribution < 1.29 is 46.1 Å². The molecule has 1 aliphatic heterocycles. The standard InChI is InChI=1S/C16H24N2.2C2HF3O2/c1-12-4-5-13-14(10-12)16(6-8-17-9-7-16)11-15(13)18(2)3;2*3-2(4,5)1(6)7/h4-5,10,15,17H,6-9,11H2,1-3H3;2*(H,6,7). The van der Waals surface area contributed by atoms with Gasteiger partial charge in [0.05, 0.1) is 0 Å². The number of nitrogens with one attached hydrogen (secondary N) is 1. The predicted octanol–water partition coefficient (Wildman–Crippen LogP) is 3.89. The van der Waals surface area contributed by atoms with E-state index in [1.54, 1.807) is 11.1 Å². The van der Waals surface area contributed by atoms with E-state index < -0.39 is 24.3 Å². The van der Waals surface area contributed by atoms with E-state index in [4.69, 9.17) is 19.8 Å². The minimum absolute atomic E-state index is 0.446. The van der Waals surface area contributed by atoms with Crippen LogP contribution in [0.15, 0.2) is 18.2 Å². The number of carboxylic acids is 2. The maximum atomic E-state index is 10.6. The number of fused-ring (bicyclic) bond motifs is 2. The first-order valence-corrected chi connectivity index (χ1v) is 9.59. The zero-order valence-corrected chi connectivity index (χ0v) is 17.8. The average Bonchev–Trinajstić information content (AvgIpc) is 2.95. The monoisotopic (exact) mass is 472 g/mol. The third-order valence-corrected chi connectivity index (χ3v) is 5.39. The second-order valence-electron chi connectivity index (χ2n) is 7.91. The van der Waals surface area contributed by atoms with Gasteiger partial charge in [-0.2, -0.15) is 26.3 Å². The van der Waals surface area contributed by atoms with E-state index in [9.17, 15) is 26.3 Å². The molecule has 0 amide bonds. The Morgan fingerprint density at radius 2 is 1.44 bits per heavy atom. The first-order valence-electron chi connectivity index (χ1n) is 9.59. The average molecular weight is 472 g/mol. The summed E-state index contributed by atoms with van der Waals surface area (Å²) in [6.07, 6.45) is -6.26. The molecule has 1 spiro atoms. The van der Waals surface area contributed by atoms with E-state index in [2.05, 4.69) is 49.4 Å². The minimum Gasteiger partial charge on any atom is -0.475 e. The van der Waals surface area contributed by atoms with Crippen molar-refractivity contribution in [2.75, 3.05) is 27.2 Å². The van der Waals surface area contributed by atoms with Crippen molar-refractivity contribution in [1.82, 2.24) is 10.2 Å². The SMILES string of the molecule is Cc1ccc2c(c1)C1(CCNCC1)CC2N(C)C.O=C(O)C(F)(F)F.O=C(O)C(F)(F)F. The van der Waals surface area contributed by atoms with Gasteiger partial charge in [0.1, 0.15) is 0 Å². The van der Waals surface area contributed by atoms with Crippen LogP contribution in [0.3, 0.4) is 0 Å². The Morgan fingerprint density at radius 1 is 1.00 bits per heavy atom. The zero-order valence-electron chi connectivity index (χ0n) is 17.8. The third kappa shape index (κ3) is 7.37. The Bertz CT molecular complexity index is 778. The summed E-state index contributed by atoms with van der Waals surface area (Å²) in [6, 6.07) is 7.70. The normalized spacial score (nSPS) is 19.4. The Morgan fingerprint density at radius 3 is 1.81 bits per heavy atom. The van der Waals surface area contributed by atoms with E-state index >= 15 is 0 Å². The highest BCUT2D eigenvalue weighted by molar-refractivity contribution is 5.73. The van der Waals surface area contributed by atoms with Crippen LogP contribution in [-0.2, 0) is 15.0 Å². The van der Waals surface area contributed by atoms with Crippen LogP contribution in [0.5, 0.6) is 0 Å². The van der Waals surface area contributed by atoms with Crippen molar-refractivity contribution >= 4 is 11.9 Å². The summed E-state index contributed by atoms with van der Waals surface area (Å²) in [5.41, 5.74) is 5.07. The number of hydrogen-bond donors (Lipinski definition) is 3. The molecule has 3 rings (SSSR count). The highest BCUT2D eigenvalue weighted by Gasteiger charge is 2.44. The largest absolute Gasteiger partial charge is 0.490 e. The van der Waals surface area contributed by atoms with Gasteiger partial charge in [0.2, 0.25) is 0 Å². The molecule has 1 atom stereocenters. The van der Waals surface area contributed by atoms with Crippen molar-refractivity contribution in [3.63, 3.8) is 0 Å². The Balaban J connectivity index is 0.000000305. The van der Waals surface area contributed by atoms with E-state index in [-0.39, 0.29) is 0 Å². The van der Waals surface area contributed by atoms with Crippen LogP contribution >= 0.6 is 0 Å². The van der Waals surface area contributed by atoms with Gasteiger partial charge in [-0.05, 0) is 69.9 Å². The maximum absolute atomic E-state index is 10.6. The van der Waals surface area contributed by atoms with Gasteiger partial charge in [0, 0.05) is 6.04 Å². The van der Waals surface area contributed by atoms with Crippen LogP contribution in [0.25, 0.3) is 0 Å². The number of carboxylic acid groups (broad SMARTS) is 2. The summed E-state index contributed by atoms with van der Waals surface area (Å²) in [4.78, 5) is 20.2. The third-order valence-electron chi connectivity index (χ3n) is 5.39. The molecule has 2 aliphatic rings. The number of piperidine rings is 1. The number of carbonyl (C=O) groups is 2. The van der Waals surface area contributed by atoms with E-state index in [1.165, 1.54) is 37.9 Å². The Kier molecular flexibility index (Phi) is 9.10. The number of alkyl halides is 6. The smallest absolute Gasteiger partial charge is 0.475 e. The molecule has 0 saturated carbocycles. The minimum atomic E-state index is -5.08. The first-order chi connectivity index (χ1) is 14.5. The lowest BCUT2D eigenvalue weighted by molar-refractivity contribution is -0.193. The van der Waals surface area contributed by atoms with Crippen LogP contribution in [0.1, 0.15) is 42.0 Å². The molecule has 1 aromatic carbocycles. The summed E-state index contributed by atoms with van der Waals surface area (Å²) < 4.78 is 63.5. The van der Waals surface area contributed by atoms with Gasteiger partial charge in [0.15, 0.2) is 0 Å². The molecular weight excluding hydrogens is 446 g/mol. The van der Waals surface area contributed by atoms with Gasteiger partial charge in [-0.15, -0.1) is 0 Å². The number of benzene rings is 1. The summed E-state index contributed by atoms with van der Waals surface area (Å²) in [5.74, 6) is -5.51. The van der Waals surface area contributed by atoms with Gasteiger partial charge in [-0.25, -0.2) is 9.59 Å². The summed E-state index contributed by atoms with van der Waals surface area (Å²) in [6.45, 7) is 4.57. The zero-order chi connectivity index (χ0) is 24.9. The number of rotatable bonds is 1. The fraction of sp³-hybridized carbons (Fsp3) is 0.600. The molecule has 0 aromatic heterocycles. The second kappa shape index (κ2) is 10.5. The van der Waals surface area contributed by atoms with Crippen LogP contribution in [-0.4, -0.2) is 66.6 Å². The molecular formula is C20H26F6N2O4. The summed E-state index contributed by atoms with van der Waals surface area (Å²) >= 11 is 0. The molecule has 0 radical (unpaired) electrons. The molecule has 182 valence electrons. The summed E-state index contributed by atoms with van der Waals surface area (Å²) in [7, 11) is 4.43. The van der Waals surface area contributed by atoms with Gasteiger partial charge in [0.25, 0.3) is 0 Å². The molecule has 1 heterocycles. The van der Waals surface area contributed by atoms with Crippen LogP contribution < -0.4 is 5.32 Å². The van der Waals surface area contributed by atoms with Crippen LogP contribution in [0, 0.1) is 6.92 Å². The first kappa shape index (κ1) is 27.7. The maximum Gasteiger partial charge on any atom is 0.490 e. The number of hydrogen-bond acceptors (Lipinski definition) is 4. The number of halogens is 6. The molecule has 1 fully saturated rings. The highest BCUT2D eigenvalue weighted by atomic mass is 19.4. The number of nitrogens with zero attached hydrogens (tertiary/aromatic N) is 1. The van der Waals surface area contributed by atoms with Crippen molar-refractivity contribution in [2.24, 2.45) is 0 Å². The molecule has 1 unspecified atom stereocenters. The quantitative estimate of drug-likeness (QED) is 0.538. The van der Waals surface area contributed by atoms with Crippen molar-refractivity contribution in [1.29, 1.82) is 0 Å². The van der Waals surface area contributed by atoms with E-state index in [0.29, 0.717) is 11.5 Å². The lowest BCUT2D eigenvalue weighted by Gasteiger charge is -2.36. The Hall–Kier alpha value is -2.34. The molecule has 1 aliphatic carbocycles. The summed E-state index contributed by atoms with van der Waals surface area (Å²) in [5, 5.41) is 17.8. The highest BCUT2D eigenvalue weighted by Crippen LogP contribution is 2.51. The molecule has 0 bridgehead atoms. The van der Waals surface area contributed by atoms with Crippen LogP contribution in [0.2, 0.25) is 0 Å². The van der Waals surface area contributed by atoms with Crippen molar-refractivity contribution in [3.05, 3.63) is 34.9 Å².